The van der Waals surface area contributed by atoms with E-state index in [4.69, 9.17) is 4.74 Å². The molecule has 14 heavy (non-hydrogen) atoms. The molecule has 3 heteroatoms. The second-order valence-corrected chi connectivity index (χ2v) is 4.56. The van der Waals surface area contributed by atoms with E-state index in [2.05, 4.69) is 28.7 Å². The standard InChI is InChI=1S/C11H11IO2/c1-2-10(13)9-6-8(12)5-7-3-4-14-11(7)9/h5-6H,2-4H2,1H3. The van der Waals surface area contributed by atoms with Crippen LogP contribution in [-0.2, 0) is 6.42 Å². The van der Waals surface area contributed by atoms with Gasteiger partial charge in [-0.25, -0.2) is 0 Å². The molecule has 0 radical (unpaired) electrons. The Morgan fingerprint density at radius 3 is 3.07 bits per heavy atom. The van der Waals surface area contributed by atoms with E-state index in [1.807, 2.05) is 13.0 Å². The second kappa shape index (κ2) is 3.88. The maximum Gasteiger partial charge on any atom is 0.166 e. The van der Waals surface area contributed by atoms with Gasteiger partial charge >= 0.3 is 0 Å². The highest BCUT2D eigenvalue weighted by Crippen LogP contribution is 2.32. The number of halogens is 1. The van der Waals surface area contributed by atoms with Crippen LogP contribution in [0.2, 0.25) is 0 Å². The first kappa shape index (κ1) is 9.96. The quantitative estimate of drug-likeness (QED) is 0.620. The molecule has 2 rings (SSSR count). The second-order valence-electron chi connectivity index (χ2n) is 3.32. The minimum Gasteiger partial charge on any atom is -0.492 e. The van der Waals surface area contributed by atoms with E-state index in [1.165, 1.54) is 5.56 Å². The number of fused-ring (bicyclic) bond motifs is 1. The molecular weight excluding hydrogens is 291 g/mol. The average molecular weight is 302 g/mol. The van der Waals surface area contributed by atoms with Crippen LogP contribution in [0.4, 0.5) is 0 Å². The lowest BCUT2D eigenvalue weighted by molar-refractivity contribution is 0.0985. The van der Waals surface area contributed by atoms with Gasteiger partial charge in [-0.2, -0.15) is 0 Å². The fourth-order valence-corrected chi connectivity index (χ4v) is 2.35. The number of carbonyl (C=O) groups is 1. The first-order chi connectivity index (χ1) is 6.72. The van der Waals surface area contributed by atoms with Gasteiger partial charge in [0.1, 0.15) is 5.75 Å². The number of rotatable bonds is 2. The van der Waals surface area contributed by atoms with Crippen LogP contribution in [0.25, 0.3) is 0 Å². The van der Waals surface area contributed by atoms with Crippen molar-refractivity contribution < 1.29 is 9.53 Å². The first-order valence-electron chi connectivity index (χ1n) is 4.70. The van der Waals surface area contributed by atoms with E-state index < -0.39 is 0 Å². The molecule has 0 spiro atoms. The van der Waals surface area contributed by atoms with Gasteiger partial charge in [-0.3, -0.25) is 4.79 Å². The van der Waals surface area contributed by atoms with Crippen molar-refractivity contribution in [3.8, 4) is 5.75 Å². The largest absolute Gasteiger partial charge is 0.492 e. The molecule has 2 nitrogen and oxygen atoms in total. The van der Waals surface area contributed by atoms with Crippen molar-refractivity contribution in [1.82, 2.24) is 0 Å². The van der Waals surface area contributed by atoms with Crippen molar-refractivity contribution in [3.63, 3.8) is 0 Å². The highest BCUT2D eigenvalue weighted by Gasteiger charge is 2.20. The lowest BCUT2D eigenvalue weighted by Crippen LogP contribution is -2.00. The van der Waals surface area contributed by atoms with E-state index >= 15 is 0 Å². The molecule has 0 unspecified atom stereocenters. The predicted octanol–water partition coefficient (Wildman–Crippen LogP) is 2.82. The Morgan fingerprint density at radius 1 is 1.57 bits per heavy atom. The van der Waals surface area contributed by atoms with Gasteiger partial charge in [0.25, 0.3) is 0 Å². The van der Waals surface area contributed by atoms with Gasteiger partial charge < -0.3 is 4.74 Å². The first-order valence-corrected chi connectivity index (χ1v) is 5.78. The molecule has 0 atom stereocenters. The topological polar surface area (TPSA) is 26.3 Å². The molecule has 0 aromatic heterocycles. The summed E-state index contributed by atoms with van der Waals surface area (Å²) >= 11 is 2.24. The van der Waals surface area contributed by atoms with Crippen LogP contribution in [0.5, 0.6) is 5.75 Å². The van der Waals surface area contributed by atoms with Crippen LogP contribution in [0.1, 0.15) is 29.3 Å². The molecule has 1 aromatic carbocycles. The molecule has 0 bridgehead atoms. The van der Waals surface area contributed by atoms with Gasteiger partial charge in [0.2, 0.25) is 0 Å². The summed E-state index contributed by atoms with van der Waals surface area (Å²) in [5, 5.41) is 0. The number of Topliss-reactive ketones (excluding diaryl/α,β-unsaturated/α-hetero) is 1. The zero-order chi connectivity index (χ0) is 10.1. The summed E-state index contributed by atoms with van der Waals surface area (Å²) in [7, 11) is 0. The van der Waals surface area contributed by atoms with Gasteiger partial charge in [0, 0.05) is 16.4 Å². The summed E-state index contributed by atoms with van der Waals surface area (Å²) in [5.74, 6) is 0.985. The summed E-state index contributed by atoms with van der Waals surface area (Å²) in [6, 6.07) is 4.01. The number of hydrogen-bond acceptors (Lipinski definition) is 2. The number of ketones is 1. The van der Waals surface area contributed by atoms with Crippen LogP contribution in [0, 0.1) is 3.57 Å². The lowest BCUT2D eigenvalue weighted by Gasteiger charge is -2.06. The van der Waals surface area contributed by atoms with Gasteiger partial charge in [0.15, 0.2) is 5.78 Å². The Balaban J connectivity index is 2.54. The number of hydrogen-bond donors (Lipinski definition) is 0. The van der Waals surface area contributed by atoms with Crippen molar-refractivity contribution in [2.75, 3.05) is 6.61 Å². The summed E-state index contributed by atoms with van der Waals surface area (Å²) < 4.78 is 6.60. The molecule has 1 aromatic rings. The zero-order valence-electron chi connectivity index (χ0n) is 7.97. The molecule has 1 aliphatic heterocycles. The van der Waals surface area contributed by atoms with Crippen LogP contribution < -0.4 is 4.74 Å². The molecular formula is C11H11IO2. The van der Waals surface area contributed by atoms with Crippen LogP contribution in [-0.4, -0.2) is 12.4 Å². The normalized spacial score (nSPS) is 13.6. The third-order valence-electron chi connectivity index (χ3n) is 2.37. The zero-order valence-corrected chi connectivity index (χ0v) is 10.1. The Bertz CT molecular complexity index is 385. The van der Waals surface area contributed by atoms with Crippen LogP contribution >= 0.6 is 22.6 Å². The van der Waals surface area contributed by atoms with Gasteiger partial charge in [-0.15, -0.1) is 0 Å². The van der Waals surface area contributed by atoms with E-state index in [-0.39, 0.29) is 5.78 Å². The van der Waals surface area contributed by atoms with E-state index in [1.54, 1.807) is 0 Å². The molecule has 0 N–H and O–H groups in total. The molecule has 0 fully saturated rings. The smallest absolute Gasteiger partial charge is 0.166 e. The van der Waals surface area contributed by atoms with Crippen molar-refractivity contribution in [3.05, 3.63) is 26.8 Å². The van der Waals surface area contributed by atoms with Crippen molar-refractivity contribution >= 4 is 28.4 Å². The third-order valence-corrected chi connectivity index (χ3v) is 2.99. The fourth-order valence-electron chi connectivity index (χ4n) is 1.67. The average Bonchev–Trinajstić information content (AvgIpc) is 2.62. The predicted molar refractivity (Wildman–Crippen MR) is 63.0 cm³/mol. The van der Waals surface area contributed by atoms with E-state index in [0.717, 1.165) is 21.3 Å². The molecule has 0 saturated heterocycles. The van der Waals surface area contributed by atoms with Crippen molar-refractivity contribution in [2.45, 2.75) is 19.8 Å². The van der Waals surface area contributed by atoms with Gasteiger partial charge in [0.05, 0.1) is 12.2 Å². The molecule has 74 valence electrons. The SMILES string of the molecule is CCC(=O)c1cc(I)cc2c1OCC2. The Morgan fingerprint density at radius 2 is 2.36 bits per heavy atom. The minimum atomic E-state index is 0.168. The number of ether oxygens (including phenoxy) is 1. The fraction of sp³-hybridized carbons (Fsp3) is 0.364. The van der Waals surface area contributed by atoms with E-state index in [0.29, 0.717) is 13.0 Å². The maximum atomic E-state index is 11.6. The van der Waals surface area contributed by atoms with Crippen LogP contribution in [0.15, 0.2) is 12.1 Å². The number of carbonyl (C=O) groups excluding carboxylic acids is 1. The lowest BCUT2D eigenvalue weighted by atomic mass is 10.0. The van der Waals surface area contributed by atoms with Gasteiger partial charge in [-0.05, 0) is 40.3 Å². The third kappa shape index (κ3) is 1.65. The summed E-state index contributed by atoms with van der Waals surface area (Å²) in [6.45, 7) is 2.59. The van der Waals surface area contributed by atoms with Gasteiger partial charge in [-0.1, -0.05) is 6.92 Å². The van der Waals surface area contributed by atoms with Crippen molar-refractivity contribution in [1.29, 1.82) is 0 Å². The van der Waals surface area contributed by atoms with E-state index in [9.17, 15) is 4.79 Å². The van der Waals surface area contributed by atoms with Crippen LogP contribution in [0.3, 0.4) is 0 Å². The molecule has 1 aliphatic rings. The molecule has 0 amide bonds. The summed E-state index contributed by atoms with van der Waals surface area (Å²) in [6.07, 6.45) is 1.46. The summed E-state index contributed by atoms with van der Waals surface area (Å²) in [5.41, 5.74) is 1.93. The Kier molecular flexibility index (Phi) is 2.76. The highest BCUT2D eigenvalue weighted by molar-refractivity contribution is 14.1. The number of benzene rings is 1. The Hall–Kier alpha value is -0.580. The Labute approximate surface area is 96.8 Å². The maximum absolute atomic E-state index is 11.6. The molecule has 0 aliphatic carbocycles. The molecule has 1 heterocycles. The monoisotopic (exact) mass is 302 g/mol. The minimum absolute atomic E-state index is 0.168. The molecule has 0 saturated carbocycles. The summed E-state index contributed by atoms with van der Waals surface area (Å²) in [4.78, 5) is 11.6. The highest BCUT2D eigenvalue weighted by atomic mass is 127. The van der Waals surface area contributed by atoms with Crippen molar-refractivity contribution in [2.24, 2.45) is 0 Å².